The zero-order valence-corrected chi connectivity index (χ0v) is 13.6. The van der Waals surface area contributed by atoms with Crippen LogP contribution >= 0.6 is 15.9 Å². The average Bonchev–Trinajstić information content (AvgIpc) is 2.50. The van der Waals surface area contributed by atoms with Crippen molar-refractivity contribution in [1.29, 1.82) is 0 Å². The van der Waals surface area contributed by atoms with Crippen LogP contribution in [0.1, 0.15) is 24.2 Å². The molecule has 0 spiro atoms. The maximum Gasteiger partial charge on any atom is 0.129 e. The maximum atomic E-state index is 13.9. The Hall–Kier alpha value is -1.23. The van der Waals surface area contributed by atoms with Gasteiger partial charge in [0.05, 0.1) is 12.7 Å². The summed E-state index contributed by atoms with van der Waals surface area (Å²) in [5.74, 6) is -0.226. The molecule has 0 fully saturated rings. The lowest BCUT2D eigenvalue weighted by atomic mass is 10.1. The molecular formula is C17H19BrFNO. The predicted octanol–water partition coefficient (Wildman–Crippen LogP) is 4.46. The van der Waals surface area contributed by atoms with E-state index in [4.69, 9.17) is 4.74 Å². The van der Waals surface area contributed by atoms with Crippen molar-refractivity contribution in [3.63, 3.8) is 0 Å². The van der Waals surface area contributed by atoms with Gasteiger partial charge in [0.1, 0.15) is 5.82 Å². The van der Waals surface area contributed by atoms with E-state index in [1.807, 2.05) is 37.3 Å². The zero-order valence-electron chi connectivity index (χ0n) is 12.0. The summed E-state index contributed by atoms with van der Waals surface area (Å²) >= 11 is 3.41. The van der Waals surface area contributed by atoms with E-state index in [0.717, 1.165) is 16.6 Å². The van der Waals surface area contributed by atoms with E-state index in [0.29, 0.717) is 18.7 Å². The molecule has 0 radical (unpaired) electrons. The number of ether oxygens (including phenoxy) is 1. The molecule has 1 atom stereocenters. The molecule has 0 aromatic heterocycles. The van der Waals surface area contributed by atoms with Crippen molar-refractivity contribution in [2.75, 3.05) is 13.1 Å². The Morgan fingerprint density at radius 1 is 1.14 bits per heavy atom. The summed E-state index contributed by atoms with van der Waals surface area (Å²) in [7, 11) is 0. The quantitative estimate of drug-likeness (QED) is 0.795. The standard InChI is InChI=1S/C17H19BrFNO/c1-2-20-11-17(15-5-3-4-6-16(15)19)21-12-13-7-9-14(18)10-8-13/h3-10,17,20H,2,11-12H2,1H3. The summed E-state index contributed by atoms with van der Waals surface area (Å²) in [6, 6.07) is 14.7. The summed E-state index contributed by atoms with van der Waals surface area (Å²) < 4.78 is 20.9. The molecule has 0 aliphatic rings. The number of nitrogens with one attached hydrogen (secondary N) is 1. The minimum atomic E-state index is -0.296. The maximum absolute atomic E-state index is 13.9. The highest BCUT2D eigenvalue weighted by Crippen LogP contribution is 2.22. The van der Waals surface area contributed by atoms with Crippen LogP contribution < -0.4 is 5.32 Å². The molecule has 0 heterocycles. The summed E-state index contributed by atoms with van der Waals surface area (Å²) in [6.07, 6.45) is -0.296. The average molecular weight is 352 g/mol. The van der Waals surface area contributed by atoms with Crippen LogP contribution in [0.5, 0.6) is 0 Å². The minimum absolute atomic E-state index is 0.226. The molecule has 2 aromatic rings. The van der Waals surface area contributed by atoms with Crippen molar-refractivity contribution < 1.29 is 9.13 Å². The highest BCUT2D eigenvalue weighted by atomic mass is 79.9. The normalized spacial score (nSPS) is 12.3. The van der Waals surface area contributed by atoms with E-state index in [1.54, 1.807) is 12.1 Å². The summed E-state index contributed by atoms with van der Waals surface area (Å²) in [5.41, 5.74) is 1.66. The fraction of sp³-hybridized carbons (Fsp3) is 0.294. The summed E-state index contributed by atoms with van der Waals surface area (Å²) in [4.78, 5) is 0. The highest BCUT2D eigenvalue weighted by Gasteiger charge is 2.15. The molecular weight excluding hydrogens is 333 g/mol. The Labute approximate surface area is 133 Å². The minimum Gasteiger partial charge on any atom is -0.367 e. The van der Waals surface area contributed by atoms with Gasteiger partial charge in [0, 0.05) is 16.6 Å². The third-order valence-electron chi connectivity index (χ3n) is 3.20. The Bertz CT molecular complexity index is 559. The second-order valence-corrected chi connectivity index (χ2v) is 5.67. The number of hydrogen-bond donors (Lipinski definition) is 1. The molecule has 0 aliphatic heterocycles. The second-order valence-electron chi connectivity index (χ2n) is 4.76. The molecule has 2 aromatic carbocycles. The van der Waals surface area contributed by atoms with Crippen LogP contribution in [0.15, 0.2) is 53.0 Å². The topological polar surface area (TPSA) is 21.3 Å². The molecule has 112 valence electrons. The number of likely N-dealkylation sites (N-methyl/N-ethyl adjacent to an activating group) is 1. The van der Waals surface area contributed by atoms with Gasteiger partial charge in [-0.1, -0.05) is 53.2 Å². The van der Waals surface area contributed by atoms with Gasteiger partial charge in [-0.05, 0) is 30.3 Å². The first kappa shape index (κ1) is 16.1. The molecule has 1 N–H and O–H groups in total. The number of benzene rings is 2. The van der Waals surface area contributed by atoms with Crippen molar-refractivity contribution in [1.82, 2.24) is 5.32 Å². The monoisotopic (exact) mass is 351 g/mol. The lowest BCUT2D eigenvalue weighted by Gasteiger charge is -2.19. The molecule has 0 bridgehead atoms. The van der Waals surface area contributed by atoms with E-state index in [1.165, 1.54) is 6.07 Å². The fourth-order valence-electron chi connectivity index (χ4n) is 2.05. The van der Waals surface area contributed by atoms with Crippen molar-refractivity contribution >= 4 is 15.9 Å². The Kier molecular flexibility index (Phi) is 6.36. The first-order valence-corrected chi connectivity index (χ1v) is 7.81. The van der Waals surface area contributed by atoms with Crippen LogP contribution in [-0.2, 0) is 11.3 Å². The molecule has 0 saturated carbocycles. The molecule has 21 heavy (non-hydrogen) atoms. The first-order valence-electron chi connectivity index (χ1n) is 7.02. The molecule has 4 heteroatoms. The highest BCUT2D eigenvalue weighted by molar-refractivity contribution is 9.10. The third kappa shape index (κ3) is 4.92. The van der Waals surface area contributed by atoms with Crippen LogP contribution in [0.3, 0.4) is 0 Å². The second kappa shape index (κ2) is 8.27. The van der Waals surface area contributed by atoms with Crippen LogP contribution in [0.2, 0.25) is 0 Å². The zero-order chi connectivity index (χ0) is 15.1. The third-order valence-corrected chi connectivity index (χ3v) is 3.72. The Morgan fingerprint density at radius 2 is 1.86 bits per heavy atom. The van der Waals surface area contributed by atoms with Crippen molar-refractivity contribution in [3.8, 4) is 0 Å². The summed E-state index contributed by atoms with van der Waals surface area (Å²) in [5, 5.41) is 3.22. The smallest absolute Gasteiger partial charge is 0.129 e. The molecule has 0 amide bonds. The van der Waals surface area contributed by atoms with Crippen LogP contribution in [0.4, 0.5) is 4.39 Å². The van der Waals surface area contributed by atoms with Crippen LogP contribution in [-0.4, -0.2) is 13.1 Å². The molecule has 0 saturated heterocycles. The van der Waals surface area contributed by atoms with Gasteiger partial charge in [0.2, 0.25) is 0 Å². The van der Waals surface area contributed by atoms with Gasteiger partial charge in [-0.25, -0.2) is 4.39 Å². The largest absolute Gasteiger partial charge is 0.367 e. The fourth-order valence-corrected chi connectivity index (χ4v) is 2.31. The van der Waals surface area contributed by atoms with E-state index >= 15 is 0 Å². The van der Waals surface area contributed by atoms with Gasteiger partial charge < -0.3 is 10.1 Å². The van der Waals surface area contributed by atoms with Gasteiger partial charge in [-0.2, -0.15) is 0 Å². The van der Waals surface area contributed by atoms with E-state index in [2.05, 4.69) is 21.2 Å². The van der Waals surface area contributed by atoms with Crippen molar-refractivity contribution in [2.45, 2.75) is 19.6 Å². The van der Waals surface area contributed by atoms with Gasteiger partial charge in [-0.3, -0.25) is 0 Å². The predicted molar refractivity (Wildman–Crippen MR) is 86.6 cm³/mol. The van der Waals surface area contributed by atoms with E-state index < -0.39 is 0 Å². The van der Waals surface area contributed by atoms with Gasteiger partial charge in [0.25, 0.3) is 0 Å². The SMILES string of the molecule is CCNCC(OCc1ccc(Br)cc1)c1ccccc1F. The summed E-state index contributed by atoms with van der Waals surface area (Å²) in [6.45, 7) is 3.89. The van der Waals surface area contributed by atoms with Gasteiger partial charge in [-0.15, -0.1) is 0 Å². The lowest BCUT2D eigenvalue weighted by Crippen LogP contribution is -2.23. The van der Waals surface area contributed by atoms with E-state index in [-0.39, 0.29) is 11.9 Å². The van der Waals surface area contributed by atoms with Crippen LogP contribution in [0.25, 0.3) is 0 Å². The molecule has 2 nitrogen and oxygen atoms in total. The molecule has 2 rings (SSSR count). The molecule has 1 unspecified atom stereocenters. The number of hydrogen-bond acceptors (Lipinski definition) is 2. The van der Waals surface area contributed by atoms with Crippen molar-refractivity contribution in [3.05, 3.63) is 69.9 Å². The lowest BCUT2D eigenvalue weighted by molar-refractivity contribution is 0.0379. The molecule has 0 aliphatic carbocycles. The Balaban J connectivity index is 2.06. The first-order chi connectivity index (χ1) is 10.2. The Morgan fingerprint density at radius 3 is 2.52 bits per heavy atom. The number of rotatable bonds is 7. The van der Waals surface area contributed by atoms with Crippen LogP contribution in [0, 0.1) is 5.82 Å². The van der Waals surface area contributed by atoms with Crippen molar-refractivity contribution in [2.24, 2.45) is 0 Å². The van der Waals surface area contributed by atoms with E-state index in [9.17, 15) is 4.39 Å². The van der Waals surface area contributed by atoms with Gasteiger partial charge >= 0.3 is 0 Å². The van der Waals surface area contributed by atoms with Gasteiger partial charge in [0.15, 0.2) is 0 Å². The number of halogens is 2.